The lowest BCUT2D eigenvalue weighted by Gasteiger charge is -2.08. The molecule has 2 N–H and O–H groups in total. The predicted octanol–water partition coefficient (Wildman–Crippen LogP) is 0.532. The molecule has 7 heteroatoms. The molecule has 122 valence electrons. The molecule has 0 bridgehead atoms. The van der Waals surface area contributed by atoms with Gasteiger partial charge in [-0.15, -0.1) is 11.8 Å². The Morgan fingerprint density at radius 2 is 1.82 bits per heavy atom. The molecular formula is C15H23N3O3S. The Kier molecular flexibility index (Phi) is 8.35. The van der Waals surface area contributed by atoms with Gasteiger partial charge in [0, 0.05) is 31.4 Å². The van der Waals surface area contributed by atoms with Gasteiger partial charge < -0.3 is 15.2 Å². The molecule has 0 unspecified atom stereocenters. The first kappa shape index (κ1) is 18.3. The number of aryl methyl sites for hydroxylation is 1. The van der Waals surface area contributed by atoms with Gasteiger partial charge in [-0.05, 0) is 19.4 Å². The van der Waals surface area contributed by atoms with E-state index in [0.717, 1.165) is 6.42 Å². The number of aromatic nitrogens is 1. The summed E-state index contributed by atoms with van der Waals surface area (Å²) in [5.41, 5.74) is 0.640. The molecule has 0 radical (unpaired) electrons. The molecule has 0 aliphatic heterocycles. The van der Waals surface area contributed by atoms with Gasteiger partial charge in [-0.1, -0.05) is 13.0 Å². The van der Waals surface area contributed by atoms with E-state index in [9.17, 15) is 14.4 Å². The van der Waals surface area contributed by atoms with Gasteiger partial charge in [0.25, 0.3) is 5.56 Å². The second-order valence-corrected chi connectivity index (χ2v) is 5.87. The maximum atomic E-state index is 11.8. The van der Waals surface area contributed by atoms with Gasteiger partial charge in [0.05, 0.1) is 11.5 Å². The minimum Gasteiger partial charge on any atom is -0.355 e. The number of hydrogen-bond acceptors (Lipinski definition) is 4. The minimum absolute atomic E-state index is 0.0429. The second-order valence-electron chi connectivity index (χ2n) is 4.88. The summed E-state index contributed by atoms with van der Waals surface area (Å²) in [7, 11) is 0. The van der Waals surface area contributed by atoms with Crippen molar-refractivity contribution in [3.63, 3.8) is 0 Å². The van der Waals surface area contributed by atoms with Gasteiger partial charge in [0.1, 0.15) is 0 Å². The molecule has 6 nitrogen and oxygen atoms in total. The summed E-state index contributed by atoms with van der Waals surface area (Å²) in [6, 6.07) is 3.57. The Morgan fingerprint density at radius 3 is 2.45 bits per heavy atom. The first-order valence-electron chi connectivity index (χ1n) is 7.31. The van der Waals surface area contributed by atoms with E-state index >= 15 is 0 Å². The van der Waals surface area contributed by atoms with Crippen LogP contribution in [-0.4, -0.2) is 41.0 Å². The van der Waals surface area contributed by atoms with Crippen molar-refractivity contribution in [1.82, 2.24) is 15.2 Å². The van der Waals surface area contributed by atoms with Gasteiger partial charge in [0.2, 0.25) is 11.8 Å². The Hall–Kier alpha value is -1.76. The molecule has 0 saturated heterocycles. The van der Waals surface area contributed by atoms with Gasteiger partial charge in [-0.2, -0.15) is 0 Å². The smallest absolute Gasteiger partial charge is 0.253 e. The van der Waals surface area contributed by atoms with Gasteiger partial charge in [0.15, 0.2) is 0 Å². The number of carbonyl (C=O) groups is 2. The molecule has 2 amide bonds. The largest absolute Gasteiger partial charge is 0.355 e. The van der Waals surface area contributed by atoms with Crippen LogP contribution in [-0.2, 0) is 16.1 Å². The first-order chi connectivity index (χ1) is 10.5. The summed E-state index contributed by atoms with van der Waals surface area (Å²) in [4.78, 5) is 34.8. The van der Waals surface area contributed by atoms with E-state index < -0.39 is 0 Å². The van der Waals surface area contributed by atoms with Gasteiger partial charge in [-0.25, -0.2) is 0 Å². The molecule has 0 fully saturated rings. The number of rotatable bonds is 9. The molecule has 1 aromatic rings. The van der Waals surface area contributed by atoms with E-state index in [-0.39, 0.29) is 28.9 Å². The van der Waals surface area contributed by atoms with Crippen LogP contribution in [0.25, 0.3) is 0 Å². The Labute approximate surface area is 134 Å². The maximum Gasteiger partial charge on any atom is 0.253 e. The molecular weight excluding hydrogens is 302 g/mol. The van der Waals surface area contributed by atoms with Crippen LogP contribution in [0.15, 0.2) is 23.1 Å². The van der Waals surface area contributed by atoms with Crippen molar-refractivity contribution in [3.8, 4) is 0 Å². The van der Waals surface area contributed by atoms with Crippen molar-refractivity contribution >= 4 is 23.6 Å². The normalized spacial score (nSPS) is 10.3. The van der Waals surface area contributed by atoms with Crippen LogP contribution in [0.5, 0.6) is 0 Å². The molecule has 1 heterocycles. The predicted molar refractivity (Wildman–Crippen MR) is 89.1 cm³/mol. The molecule has 0 aliphatic rings. The molecule has 0 spiro atoms. The zero-order valence-corrected chi connectivity index (χ0v) is 13.9. The van der Waals surface area contributed by atoms with E-state index in [1.807, 2.05) is 13.0 Å². The van der Waals surface area contributed by atoms with Crippen molar-refractivity contribution in [1.29, 1.82) is 0 Å². The van der Waals surface area contributed by atoms with Crippen LogP contribution in [0.2, 0.25) is 0 Å². The fourth-order valence-electron chi connectivity index (χ4n) is 1.75. The number of pyridine rings is 1. The average Bonchev–Trinajstić information content (AvgIpc) is 2.49. The van der Waals surface area contributed by atoms with Gasteiger partial charge in [-0.3, -0.25) is 14.4 Å². The summed E-state index contributed by atoms with van der Waals surface area (Å²) < 4.78 is 1.57. The van der Waals surface area contributed by atoms with Crippen LogP contribution in [0.3, 0.4) is 0 Å². The van der Waals surface area contributed by atoms with Crippen molar-refractivity contribution in [2.75, 3.05) is 24.6 Å². The standard InChI is InChI=1S/C15H23N3O3S/c1-3-6-16-13(19)10-22-11-14(20)17-7-9-18-8-4-5-12(2)15(18)21/h4-5,8H,3,6-7,9-11H2,1-2H3,(H,16,19)(H,17,20). The topological polar surface area (TPSA) is 80.2 Å². The first-order valence-corrected chi connectivity index (χ1v) is 8.47. The molecule has 1 rings (SSSR count). The summed E-state index contributed by atoms with van der Waals surface area (Å²) >= 11 is 1.28. The molecule has 0 saturated carbocycles. The lowest BCUT2D eigenvalue weighted by molar-refractivity contribution is -0.118. The highest BCUT2D eigenvalue weighted by atomic mass is 32.2. The highest BCUT2D eigenvalue weighted by molar-refractivity contribution is 8.00. The summed E-state index contributed by atoms with van der Waals surface area (Å²) in [6.45, 7) is 5.24. The van der Waals surface area contributed by atoms with Crippen molar-refractivity contribution in [2.24, 2.45) is 0 Å². The van der Waals surface area contributed by atoms with Crippen LogP contribution in [0.4, 0.5) is 0 Å². The van der Waals surface area contributed by atoms with Crippen LogP contribution in [0, 0.1) is 6.92 Å². The summed E-state index contributed by atoms with van der Waals surface area (Å²) in [5, 5.41) is 5.50. The lowest BCUT2D eigenvalue weighted by atomic mass is 10.3. The summed E-state index contributed by atoms with van der Waals surface area (Å²) in [6.07, 6.45) is 2.60. The van der Waals surface area contributed by atoms with Crippen molar-refractivity contribution in [3.05, 3.63) is 34.2 Å². The van der Waals surface area contributed by atoms with E-state index in [1.165, 1.54) is 11.8 Å². The third-order valence-electron chi connectivity index (χ3n) is 2.92. The van der Waals surface area contributed by atoms with Crippen LogP contribution in [0.1, 0.15) is 18.9 Å². The number of hydrogen-bond donors (Lipinski definition) is 2. The monoisotopic (exact) mass is 325 g/mol. The molecule has 1 aromatic heterocycles. The van der Waals surface area contributed by atoms with Crippen molar-refractivity contribution < 1.29 is 9.59 Å². The zero-order valence-electron chi connectivity index (χ0n) is 13.1. The van der Waals surface area contributed by atoms with Gasteiger partial charge >= 0.3 is 0 Å². The zero-order chi connectivity index (χ0) is 16.4. The minimum atomic E-state index is -0.131. The quantitative estimate of drug-likeness (QED) is 0.694. The SMILES string of the molecule is CCCNC(=O)CSCC(=O)NCCn1cccc(C)c1=O. The van der Waals surface area contributed by atoms with E-state index in [2.05, 4.69) is 10.6 Å². The third-order valence-corrected chi connectivity index (χ3v) is 3.86. The lowest BCUT2D eigenvalue weighted by Crippen LogP contribution is -2.32. The fourth-order valence-corrected chi connectivity index (χ4v) is 2.43. The Bertz CT molecular complexity index is 557. The van der Waals surface area contributed by atoms with Crippen LogP contribution < -0.4 is 16.2 Å². The van der Waals surface area contributed by atoms with E-state index in [4.69, 9.17) is 0 Å². The highest BCUT2D eigenvalue weighted by Crippen LogP contribution is 1.98. The second kappa shape index (κ2) is 10.0. The summed E-state index contributed by atoms with van der Waals surface area (Å²) in [5.74, 6) is 0.340. The highest BCUT2D eigenvalue weighted by Gasteiger charge is 2.05. The Balaban J connectivity index is 2.20. The average molecular weight is 325 g/mol. The van der Waals surface area contributed by atoms with Crippen molar-refractivity contribution in [2.45, 2.75) is 26.8 Å². The number of thioether (sulfide) groups is 1. The number of nitrogens with one attached hydrogen (secondary N) is 2. The van der Waals surface area contributed by atoms with E-state index in [1.54, 1.807) is 23.8 Å². The molecule has 0 aliphatic carbocycles. The molecule has 0 atom stereocenters. The Morgan fingerprint density at radius 1 is 1.18 bits per heavy atom. The third kappa shape index (κ3) is 6.80. The molecule has 22 heavy (non-hydrogen) atoms. The fraction of sp³-hybridized carbons (Fsp3) is 0.533. The number of amides is 2. The number of nitrogens with zero attached hydrogens (tertiary/aromatic N) is 1. The van der Waals surface area contributed by atoms with E-state index in [0.29, 0.717) is 25.2 Å². The maximum absolute atomic E-state index is 11.8. The molecule has 0 aromatic carbocycles. The van der Waals surface area contributed by atoms with Crippen LogP contribution >= 0.6 is 11.8 Å². The number of carbonyl (C=O) groups excluding carboxylic acids is 2.